The first-order valence-corrected chi connectivity index (χ1v) is 6.29. The number of ether oxygens (including phenoxy) is 1. The topological polar surface area (TPSA) is 65.0 Å². The van der Waals surface area contributed by atoms with E-state index in [0.29, 0.717) is 23.7 Å². The van der Waals surface area contributed by atoms with Crippen LogP contribution < -0.4 is 0 Å². The summed E-state index contributed by atoms with van der Waals surface area (Å²) < 4.78 is 4.93. The summed E-state index contributed by atoms with van der Waals surface area (Å²) in [6, 6.07) is 3.58. The minimum Gasteiger partial charge on any atom is -0.462 e. The third-order valence-corrected chi connectivity index (χ3v) is 2.68. The van der Waals surface area contributed by atoms with Crippen LogP contribution >= 0.6 is 11.6 Å². The normalized spacial score (nSPS) is 10.2. The molecule has 0 aliphatic rings. The van der Waals surface area contributed by atoms with Gasteiger partial charge in [-0.1, -0.05) is 0 Å². The number of rotatable bonds is 4. The van der Waals surface area contributed by atoms with Crippen LogP contribution in [0.2, 0.25) is 0 Å². The van der Waals surface area contributed by atoms with Gasteiger partial charge in [0.25, 0.3) is 0 Å². The van der Waals surface area contributed by atoms with Crippen LogP contribution in [-0.4, -0.2) is 27.5 Å². The summed E-state index contributed by atoms with van der Waals surface area (Å²) in [6.45, 7) is 2.04. The fourth-order valence-electron chi connectivity index (χ4n) is 1.54. The van der Waals surface area contributed by atoms with Crippen molar-refractivity contribution >= 4 is 17.6 Å². The summed E-state index contributed by atoms with van der Waals surface area (Å²) in [5.41, 5.74) is 1.58. The number of carbonyl (C=O) groups excluding carboxylic acids is 1. The molecule has 19 heavy (non-hydrogen) atoms. The average Bonchev–Trinajstić information content (AvgIpc) is 2.47. The number of carbonyl (C=O) groups is 1. The highest BCUT2D eigenvalue weighted by Crippen LogP contribution is 2.17. The molecule has 0 aromatic carbocycles. The number of esters is 1. The van der Waals surface area contributed by atoms with E-state index >= 15 is 0 Å². The van der Waals surface area contributed by atoms with Gasteiger partial charge in [0.15, 0.2) is 5.82 Å². The van der Waals surface area contributed by atoms with E-state index in [1.54, 1.807) is 31.5 Å². The van der Waals surface area contributed by atoms with Crippen LogP contribution in [-0.2, 0) is 10.6 Å². The van der Waals surface area contributed by atoms with E-state index in [0.717, 1.165) is 5.56 Å². The van der Waals surface area contributed by atoms with E-state index in [2.05, 4.69) is 15.0 Å². The lowest BCUT2D eigenvalue weighted by molar-refractivity contribution is 0.0524. The maximum atomic E-state index is 11.7. The molecular weight excluding hydrogens is 266 g/mol. The van der Waals surface area contributed by atoms with Crippen molar-refractivity contribution in [3.63, 3.8) is 0 Å². The van der Waals surface area contributed by atoms with Gasteiger partial charge in [0, 0.05) is 24.2 Å². The SMILES string of the molecule is CCOC(=O)c1cnc(-c2ccncc2)nc1CCl. The highest BCUT2D eigenvalue weighted by molar-refractivity contribution is 6.17. The molecular formula is C13H12ClN3O2. The predicted molar refractivity (Wildman–Crippen MR) is 70.8 cm³/mol. The van der Waals surface area contributed by atoms with E-state index < -0.39 is 5.97 Å². The van der Waals surface area contributed by atoms with Crippen molar-refractivity contribution in [3.05, 3.63) is 42.0 Å². The third kappa shape index (κ3) is 3.06. The van der Waals surface area contributed by atoms with Gasteiger partial charge in [-0.3, -0.25) is 4.98 Å². The second kappa shape index (κ2) is 6.24. The lowest BCUT2D eigenvalue weighted by Crippen LogP contribution is -2.10. The van der Waals surface area contributed by atoms with E-state index in [4.69, 9.17) is 16.3 Å². The van der Waals surface area contributed by atoms with Gasteiger partial charge in [0.2, 0.25) is 0 Å². The van der Waals surface area contributed by atoms with Crippen LogP contribution in [0, 0.1) is 0 Å². The summed E-state index contributed by atoms with van der Waals surface area (Å²) in [5, 5.41) is 0. The molecule has 0 fully saturated rings. The zero-order valence-corrected chi connectivity index (χ0v) is 11.1. The van der Waals surface area contributed by atoms with Crippen molar-refractivity contribution in [1.82, 2.24) is 15.0 Å². The Morgan fingerprint density at radius 2 is 2.11 bits per heavy atom. The number of hydrogen-bond donors (Lipinski definition) is 0. The molecule has 2 aromatic heterocycles. The molecule has 0 atom stereocenters. The van der Waals surface area contributed by atoms with Gasteiger partial charge < -0.3 is 4.74 Å². The van der Waals surface area contributed by atoms with Gasteiger partial charge in [-0.25, -0.2) is 14.8 Å². The standard InChI is InChI=1S/C13H12ClN3O2/c1-2-19-13(18)10-8-16-12(17-11(10)7-14)9-3-5-15-6-4-9/h3-6,8H,2,7H2,1H3. The number of aromatic nitrogens is 3. The van der Waals surface area contributed by atoms with Crippen LogP contribution in [0.3, 0.4) is 0 Å². The van der Waals surface area contributed by atoms with Crippen molar-refractivity contribution in [1.29, 1.82) is 0 Å². The van der Waals surface area contributed by atoms with E-state index in [-0.39, 0.29) is 5.88 Å². The fourth-order valence-corrected chi connectivity index (χ4v) is 1.74. The molecule has 0 aliphatic heterocycles. The Bertz CT molecular complexity index is 575. The maximum absolute atomic E-state index is 11.7. The van der Waals surface area contributed by atoms with Crippen molar-refractivity contribution in [3.8, 4) is 11.4 Å². The zero-order chi connectivity index (χ0) is 13.7. The van der Waals surface area contributed by atoms with Gasteiger partial charge >= 0.3 is 5.97 Å². The zero-order valence-electron chi connectivity index (χ0n) is 10.3. The van der Waals surface area contributed by atoms with E-state index in [1.165, 1.54) is 6.20 Å². The van der Waals surface area contributed by atoms with Gasteiger partial charge in [0.05, 0.1) is 18.2 Å². The van der Waals surface area contributed by atoms with Crippen LogP contribution in [0.15, 0.2) is 30.7 Å². The van der Waals surface area contributed by atoms with Crippen LogP contribution in [0.25, 0.3) is 11.4 Å². The lowest BCUT2D eigenvalue weighted by atomic mass is 10.2. The maximum Gasteiger partial charge on any atom is 0.341 e. The predicted octanol–water partition coefficient (Wildman–Crippen LogP) is 2.45. The van der Waals surface area contributed by atoms with Crippen molar-refractivity contribution < 1.29 is 9.53 Å². The van der Waals surface area contributed by atoms with E-state index in [1.807, 2.05) is 0 Å². The second-order valence-corrected chi connectivity index (χ2v) is 3.91. The van der Waals surface area contributed by atoms with Crippen LogP contribution in [0.1, 0.15) is 23.0 Å². The van der Waals surface area contributed by atoms with Crippen molar-refractivity contribution in [2.45, 2.75) is 12.8 Å². The summed E-state index contributed by atoms with van der Waals surface area (Å²) in [7, 11) is 0. The van der Waals surface area contributed by atoms with Crippen molar-refractivity contribution in [2.75, 3.05) is 6.61 Å². The Balaban J connectivity index is 2.39. The van der Waals surface area contributed by atoms with E-state index in [9.17, 15) is 4.79 Å². The average molecular weight is 278 g/mol. The Kier molecular flexibility index (Phi) is 4.41. The first-order valence-electron chi connectivity index (χ1n) is 5.75. The smallest absolute Gasteiger partial charge is 0.341 e. The summed E-state index contributed by atoms with van der Waals surface area (Å²) in [6.07, 6.45) is 4.75. The molecule has 2 aromatic rings. The first kappa shape index (κ1) is 13.4. The number of pyridine rings is 1. The molecule has 98 valence electrons. The largest absolute Gasteiger partial charge is 0.462 e. The Morgan fingerprint density at radius 3 is 2.74 bits per heavy atom. The molecule has 5 nitrogen and oxygen atoms in total. The number of halogens is 1. The molecule has 0 spiro atoms. The molecule has 0 N–H and O–H groups in total. The molecule has 0 aliphatic carbocycles. The molecule has 0 saturated heterocycles. The minimum atomic E-state index is -0.459. The molecule has 6 heteroatoms. The molecule has 0 bridgehead atoms. The Hall–Kier alpha value is -2.01. The number of hydrogen-bond acceptors (Lipinski definition) is 5. The third-order valence-electron chi connectivity index (χ3n) is 2.43. The van der Waals surface area contributed by atoms with Crippen LogP contribution in [0.5, 0.6) is 0 Å². The monoisotopic (exact) mass is 277 g/mol. The first-order chi connectivity index (χ1) is 9.26. The van der Waals surface area contributed by atoms with Gasteiger partial charge in [0.1, 0.15) is 5.56 Å². The summed E-state index contributed by atoms with van der Waals surface area (Å²) >= 11 is 5.83. The Morgan fingerprint density at radius 1 is 1.37 bits per heavy atom. The van der Waals surface area contributed by atoms with Gasteiger partial charge in [-0.15, -0.1) is 11.6 Å². The lowest BCUT2D eigenvalue weighted by Gasteiger charge is -2.07. The van der Waals surface area contributed by atoms with Crippen molar-refractivity contribution in [2.24, 2.45) is 0 Å². The fraction of sp³-hybridized carbons (Fsp3) is 0.231. The van der Waals surface area contributed by atoms with Crippen LogP contribution in [0.4, 0.5) is 0 Å². The molecule has 0 unspecified atom stereocenters. The molecule has 2 heterocycles. The van der Waals surface area contributed by atoms with Gasteiger partial charge in [-0.2, -0.15) is 0 Å². The number of alkyl halides is 1. The van der Waals surface area contributed by atoms with Gasteiger partial charge in [-0.05, 0) is 19.1 Å². The number of nitrogens with zero attached hydrogens (tertiary/aromatic N) is 3. The second-order valence-electron chi connectivity index (χ2n) is 3.64. The molecule has 0 amide bonds. The summed E-state index contributed by atoms with van der Waals surface area (Å²) in [5.74, 6) is 0.167. The highest BCUT2D eigenvalue weighted by atomic mass is 35.5. The Labute approximate surface area is 115 Å². The molecule has 0 saturated carbocycles. The summed E-state index contributed by atoms with van der Waals surface area (Å²) in [4.78, 5) is 24.1. The highest BCUT2D eigenvalue weighted by Gasteiger charge is 2.15. The molecule has 0 radical (unpaired) electrons. The molecule has 2 rings (SSSR count). The quantitative estimate of drug-likeness (QED) is 0.634. The minimum absolute atomic E-state index is 0.120.